The van der Waals surface area contributed by atoms with Gasteiger partial charge in [0.05, 0.1) is 23.0 Å². The van der Waals surface area contributed by atoms with Crippen molar-refractivity contribution in [2.45, 2.75) is 13.1 Å². The van der Waals surface area contributed by atoms with Crippen LogP contribution >= 0.6 is 0 Å². The van der Waals surface area contributed by atoms with Crippen molar-refractivity contribution in [3.63, 3.8) is 0 Å². The average molecular weight is 295 g/mol. The maximum Gasteiger partial charge on any atom is 0.416 e. The zero-order valence-corrected chi connectivity index (χ0v) is 10.7. The van der Waals surface area contributed by atoms with Gasteiger partial charge in [-0.25, -0.2) is 0 Å². The number of hydrogen-bond donors (Lipinski definition) is 1. The molecule has 1 N–H and O–H groups in total. The minimum Gasteiger partial charge on any atom is -0.361 e. The molecule has 1 aromatic heterocycles. The van der Waals surface area contributed by atoms with E-state index < -0.39 is 17.6 Å². The molecule has 8 heteroatoms. The van der Waals surface area contributed by atoms with E-state index >= 15 is 0 Å². The number of aryl methyl sites for hydroxylation is 1. The maximum absolute atomic E-state index is 12.6. The summed E-state index contributed by atoms with van der Waals surface area (Å²) in [6.07, 6.45) is -3.37. The third-order valence-electron chi connectivity index (χ3n) is 2.71. The van der Waals surface area contributed by atoms with Crippen molar-refractivity contribution in [3.05, 3.63) is 46.8 Å². The molecule has 2 rings (SSSR count). The van der Waals surface area contributed by atoms with Gasteiger partial charge in [-0.05, 0) is 25.1 Å². The molecule has 108 valence electrons. The van der Waals surface area contributed by atoms with Gasteiger partial charge in [0.1, 0.15) is 17.4 Å². The van der Waals surface area contributed by atoms with Crippen LogP contribution in [0.4, 0.5) is 18.9 Å². The number of benzene rings is 1. The van der Waals surface area contributed by atoms with Gasteiger partial charge in [0.15, 0.2) is 0 Å². The molecule has 0 bridgehead atoms. The Kier molecular flexibility index (Phi) is 3.67. The molecule has 0 saturated heterocycles. The van der Waals surface area contributed by atoms with E-state index in [2.05, 4.69) is 10.5 Å². The first-order valence-electron chi connectivity index (χ1n) is 5.67. The number of carbonyl (C=O) groups excluding carboxylic acids is 1. The van der Waals surface area contributed by atoms with Crippen LogP contribution in [0.15, 0.2) is 28.9 Å². The summed E-state index contributed by atoms with van der Waals surface area (Å²) in [6.45, 7) is 1.51. The van der Waals surface area contributed by atoms with Crippen molar-refractivity contribution in [1.82, 2.24) is 5.16 Å². The zero-order chi connectivity index (χ0) is 15.6. The van der Waals surface area contributed by atoms with Crippen molar-refractivity contribution in [2.24, 2.45) is 0 Å². The topological polar surface area (TPSA) is 78.9 Å². The summed E-state index contributed by atoms with van der Waals surface area (Å²) < 4.78 is 42.4. The molecular weight excluding hydrogens is 287 g/mol. The first-order valence-corrected chi connectivity index (χ1v) is 5.67. The largest absolute Gasteiger partial charge is 0.416 e. The predicted octanol–water partition coefficient (Wildman–Crippen LogP) is 3.13. The lowest BCUT2D eigenvalue weighted by Gasteiger charge is -2.10. The van der Waals surface area contributed by atoms with Crippen LogP contribution in [0, 0.1) is 18.3 Å². The number of rotatable bonds is 2. The number of halogens is 3. The SMILES string of the molecule is Cc1oncc1C(=O)Nc1ccc(C(F)(F)F)cc1C#N. The van der Waals surface area contributed by atoms with Crippen LogP contribution in [0.5, 0.6) is 0 Å². The molecule has 0 atom stereocenters. The molecule has 0 fully saturated rings. The van der Waals surface area contributed by atoms with Crippen molar-refractivity contribution in [1.29, 1.82) is 5.26 Å². The highest BCUT2D eigenvalue weighted by Gasteiger charge is 2.31. The van der Waals surface area contributed by atoms with Crippen molar-refractivity contribution < 1.29 is 22.5 Å². The highest BCUT2D eigenvalue weighted by Crippen LogP contribution is 2.31. The van der Waals surface area contributed by atoms with Crippen LogP contribution in [-0.4, -0.2) is 11.1 Å². The Hall–Kier alpha value is -2.82. The van der Waals surface area contributed by atoms with Crippen LogP contribution in [-0.2, 0) is 6.18 Å². The standard InChI is InChI=1S/C13H8F3N3O2/c1-7-10(6-18-21-7)12(20)19-11-3-2-9(13(14,15)16)4-8(11)5-17/h2-4,6H,1H3,(H,19,20). The normalized spacial score (nSPS) is 11.0. The number of nitrogens with one attached hydrogen (secondary N) is 1. The van der Waals surface area contributed by atoms with E-state index in [0.29, 0.717) is 6.07 Å². The van der Waals surface area contributed by atoms with E-state index in [1.54, 1.807) is 6.07 Å². The van der Waals surface area contributed by atoms with E-state index in [1.165, 1.54) is 13.1 Å². The summed E-state index contributed by atoms with van der Waals surface area (Å²) in [5.41, 5.74) is -1.12. The highest BCUT2D eigenvalue weighted by molar-refractivity contribution is 6.05. The molecule has 0 unspecified atom stereocenters. The minimum atomic E-state index is -4.56. The minimum absolute atomic E-state index is 0.0175. The molecule has 21 heavy (non-hydrogen) atoms. The number of carbonyl (C=O) groups is 1. The second kappa shape index (κ2) is 5.28. The van der Waals surface area contributed by atoms with E-state index in [-0.39, 0.29) is 22.6 Å². The van der Waals surface area contributed by atoms with Gasteiger partial charge in [0, 0.05) is 0 Å². The van der Waals surface area contributed by atoms with E-state index in [1.807, 2.05) is 0 Å². The van der Waals surface area contributed by atoms with Crippen molar-refractivity contribution >= 4 is 11.6 Å². The number of anilines is 1. The summed E-state index contributed by atoms with van der Waals surface area (Å²) in [5.74, 6) is -0.358. The number of hydrogen-bond acceptors (Lipinski definition) is 4. The van der Waals surface area contributed by atoms with Crippen LogP contribution in [0.1, 0.15) is 27.2 Å². The number of aromatic nitrogens is 1. The lowest BCUT2D eigenvalue weighted by Crippen LogP contribution is -2.14. The molecule has 1 aromatic carbocycles. The smallest absolute Gasteiger partial charge is 0.361 e. The summed E-state index contributed by atoms with van der Waals surface area (Å²) in [6, 6.07) is 4.11. The first kappa shape index (κ1) is 14.6. The Morgan fingerprint density at radius 1 is 1.43 bits per heavy atom. The van der Waals surface area contributed by atoms with Gasteiger partial charge in [-0.15, -0.1) is 0 Å². The molecule has 1 heterocycles. The van der Waals surface area contributed by atoms with Gasteiger partial charge in [0.2, 0.25) is 0 Å². The highest BCUT2D eigenvalue weighted by atomic mass is 19.4. The van der Waals surface area contributed by atoms with Gasteiger partial charge in [-0.1, -0.05) is 5.16 Å². The molecule has 0 radical (unpaired) electrons. The Balaban J connectivity index is 2.31. The molecular formula is C13H8F3N3O2. The summed E-state index contributed by atoms with van der Waals surface area (Å²) in [7, 11) is 0. The first-order chi connectivity index (χ1) is 9.82. The Morgan fingerprint density at radius 2 is 2.14 bits per heavy atom. The van der Waals surface area contributed by atoms with E-state index in [4.69, 9.17) is 9.78 Å². The Morgan fingerprint density at radius 3 is 2.67 bits per heavy atom. The molecule has 2 aromatic rings. The summed E-state index contributed by atoms with van der Waals surface area (Å²) >= 11 is 0. The lowest BCUT2D eigenvalue weighted by atomic mass is 10.1. The van der Waals surface area contributed by atoms with Gasteiger partial charge < -0.3 is 9.84 Å². The van der Waals surface area contributed by atoms with Crippen LogP contribution in [0.25, 0.3) is 0 Å². The second-order valence-corrected chi connectivity index (χ2v) is 4.12. The average Bonchev–Trinajstić information content (AvgIpc) is 2.84. The van der Waals surface area contributed by atoms with Gasteiger partial charge in [-0.3, -0.25) is 4.79 Å². The molecule has 5 nitrogen and oxygen atoms in total. The fourth-order valence-electron chi connectivity index (χ4n) is 1.63. The molecule has 0 aliphatic heterocycles. The monoisotopic (exact) mass is 295 g/mol. The molecule has 0 saturated carbocycles. The predicted molar refractivity (Wildman–Crippen MR) is 65.4 cm³/mol. The Bertz CT molecular complexity index is 729. The summed E-state index contributed by atoms with van der Waals surface area (Å²) in [4.78, 5) is 11.9. The zero-order valence-electron chi connectivity index (χ0n) is 10.7. The quantitative estimate of drug-likeness (QED) is 0.923. The van der Waals surface area contributed by atoms with Gasteiger partial charge in [-0.2, -0.15) is 18.4 Å². The number of nitriles is 1. The number of alkyl halides is 3. The fraction of sp³-hybridized carbons (Fsp3) is 0.154. The van der Waals surface area contributed by atoms with Crippen LogP contribution in [0.3, 0.4) is 0 Å². The Labute approximate surface area is 117 Å². The van der Waals surface area contributed by atoms with E-state index in [0.717, 1.165) is 12.1 Å². The van der Waals surface area contributed by atoms with Crippen LogP contribution in [0.2, 0.25) is 0 Å². The molecule has 0 aliphatic carbocycles. The summed E-state index contributed by atoms with van der Waals surface area (Å²) in [5, 5.41) is 14.7. The maximum atomic E-state index is 12.6. The van der Waals surface area contributed by atoms with Crippen LogP contribution < -0.4 is 5.32 Å². The van der Waals surface area contributed by atoms with Gasteiger partial charge in [0.25, 0.3) is 5.91 Å². The second-order valence-electron chi connectivity index (χ2n) is 4.12. The third-order valence-corrected chi connectivity index (χ3v) is 2.71. The molecule has 1 amide bonds. The number of nitrogens with zero attached hydrogens (tertiary/aromatic N) is 2. The number of amides is 1. The third kappa shape index (κ3) is 3.02. The molecule has 0 aliphatic rings. The molecule has 0 spiro atoms. The van der Waals surface area contributed by atoms with E-state index in [9.17, 15) is 18.0 Å². The van der Waals surface area contributed by atoms with Crippen molar-refractivity contribution in [2.75, 3.05) is 5.32 Å². The fourth-order valence-corrected chi connectivity index (χ4v) is 1.63. The lowest BCUT2D eigenvalue weighted by molar-refractivity contribution is -0.137. The van der Waals surface area contributed by atoms with Crippen molar-refractivity contribution in [3.8, 4) is 6.07 Å². The van der Waals surface area contributed by atoms with Gasteiger partial charge >= 0.3 is 6.18 Å².